The van der Waals surface area contributed by atoms with Gasteiger partial charge in [0.1, 0.15) is 6.10 Å². The highest BCUT2D eigenvalue weighted by Crippen LogP contribution is 2.37. The predicted molar refractivity (Wildman–Crippen MR) is 56.0 cm³/mol. The fourth-order valence-corrected chi connectivity index (χ4v) is 1.99. The normalized spacial score (nSPS) is 27.3. The molecule has 0 aromatic heterocycles. The molecular weight excluding hydrogens is 178 g/mol. The lowest BCUT2D eigenvalue weighted by Gasteiger charge is -2.28. The minimum atomic E-state index is -0.341. The van der Waals surface area contributed by atoms with Gasteiger partial charge in [0.2, 0.25) is 5.91 Å². The van der Waals surface area contributed by atoms with E-state index in [1.807, 2.05) is 0 Å². The SMILES string of the molecule is COC(C)C(=O)NC1CCCC1(C)C. The number of hydrogen-bond acceptors (Lipinski definition) is 2. The van der Waals surface area contributed by atoms with Crippen molar-refractivity contribution in [3.63, 3.8) is 0 Å². The molecule has 1 fully saturated rings. The Morgan fingerprint density at radius 3 is 2.64 bits per heavy atom. The van der Waals surface area contributed by atoms with Gasteiger partial charge in [0, 0.05) is 13.2 Å². The molecule has 1 aliphatic rings. The maximum absolute atomic E-state index is 11.6. The largest absolute Gasteiger partial charge is 0.372 e. The Bertz CT molecular complexity index is 213. The zero-order valence-corrected chi connectivity index (χ0v) is 9.59. The summed E-state index contributed by atoms with van der Waals surface area (Å²) in [6.07, 6.45) is 3.15. The highest BCUT2D eigenvalue weighted by molar-refractivity contribution is 5.80. The summed E-state index contributed by atoms with van der Waals surface area (Å²) in [6, 6.07) is 0.313. The number of nitrogens with one attached hydrogen (secondary N) is 1. The van der Waals surface area contributed by atoms with Gasteiger partial charge in [-0.3, -0.25) is 4.79 Å². The second kappa shape index (κ2) is 4.30. The molecule has 2 atom stereocenters. The van der Waals surface area contributed by atoms with Crippen LogP contribution in [0.5, 0.6) is 0 Å². The summed E-state index contributed by atoms with van der Waals surface area (Å²) in [7, 11) is 1.56. The zero-order chi connectivity index (χ0) is 10.8. The van der Waals surface area contributed by atoms with E-state index in [1.165, 1.54) is 12.8 Å². The van der Waals surface area contributed by atoms with Gasteiger partial charge in [-0.1, -0.05) is 20.3 Å². The van der Waals surface area contributed by atoms with E-state index in [9.17, 15) is 4.79 Å². The molecule has 1 N–H and O–H groups in total. The maximum atomic E-state index is 11.6. The van der Waals surface area contributed by atoms with Crippen molar-refractivity contribution < 1.29 is 9.53 Å². The second-order valence-corrected chi connectivity index (χ2v) is 4.82. The highest BCUT2D eigenvalue weighted by Gasteiger charge is 2.35. The Balaban J connectivity index is 2.48. The summed E-state index contributed by atoms with van der Waals surface area (Å²) in [6.45, 7) is 6.20. The van der Waals surface area contributed by atoms with Crippen molar-refractivity contribution in [3.05, 3.63) is 0 Å². The topological polar surface area (TPSA) is 38.3 Å². The van der Waals surface area contributed by atoms with Crippen LogP contribution >= 0.6 is 0 Å². The third-order valence-corrected chi connectivity index (χ3v) is 3.30. The fraction of sp³-hybridized carbons (Fsp3) is 0.909. The lowest BCUT2D eigenvalue weighted by molar-refractivity contribution is -0.131. The molecule has 0 saturated heterocycles. The minimum absolute atomic E-state index is 0.00692. The van der Waals surface area contributed by atoms with Crippen LogP contribution in [-0.4, -0.2) is 25.2 Å². The Labute approximate surface area is 86.2 Å². The van der Waals surface area contributed by atoms with Crippen molar-refractivity contribution >= 4 is 5.91 Å². The molecule has 1 saturated carbocycles. The van der Waals surface area contributed by atoms with E-state index in [1.54, 1.807) is 14.0 Å². The molecule has 3 heteroatoms. The van der Waals surface area contributed by atoms with E-state index in [0.29, 0.717) is 6.04 Å². The van der Waals surface area contributed by atoms with Crippen molar-refractivity contribution in [2.45, 2.75) is 52.2 Å². The van der Waals surface area contributed by atoms with Gasteiger partial charge in [-0.05, 0) is 25.2 Å². The van der Waals surface area contributed by atoms with Gasteiger partial charge in [-0.15, -0.1) is 0 Å². The summed E-state index contributed by atoms with van der Waals surface area (Å²) >= 11 is 0. The molecule has 0 aromatic carbocycles. The van der Waals surface area contributed by atoms with Crippen molar-refractivity contribution in [2.75, 3.05) is 7.11 Å². The van der Waals surface area contributed by atoms with Crippen LogP contribution in [0.1, 0.15) is 40.0 Å². The first-order chi connectivity index (χ1) is 6.47. The van der Waals surface area contributed by atoms with E-state index in [-0.39, 0.29) is 17.4 Å². The molecule has 0 radical (unpaired) electrons. The molecule has 0 spiro atoms. The van der Waals surface area contributed by atoms with Crippen molar-refractivity contribution in [1.82, 2.24) is 5.32 Å². The van der Waals surface area contributed by atoms with Crippen molar-refractivity contribution in [2.24, 2.45) is 5.41 Å². The number of rotatable bonds is 3. The summed E-state index contributed by atoms with van der Waals surface area (Å²) < 4.78 is 4.98. The maximum Gasteiger partial charge on any atom is 0.249 e. The first-order valence-corrected chi connectivity index (χ1v) is 5.30. The Kier molecular flexibility index (Phi) is 3.53. The number of carbonyl (C=O) groups excluding carboxylic acids is 1. The molecule has 0 heterocycles. The van der Waals surface area contributed by atoms with Gasteiger partial charge in [-0.25, -0.2) is 0 Å². The van der Waals surface area contributed by atoms with Crippen LogP contribution < -0.4 is 5.32 Å². The molecule has 14 heavy (non-hydrogen) atoms. The molecule has 3 nitrogen and oxygen atoms in total. The van der Waals surface area contributed by atoms with E-state index >= 15 is 0 Å². The monoisotopic (exact) mass is 199 g/mol. The third kappa shape index (κ3) is 2.47. The van der Waals surface area contributed by atoms with Crippen LogP contribution in [0.3, 0.4) is 0 Å². The number of hydrogen-bond donors (Lipinski definition) is 1. The van der Waals surface area contributed by atoms with E-state index in [2.05, 4.69) is 19.2 Å². The van der Waals surface area contributed by atoms with Gasteiger partial charge in [0.05, 0.1) is 0 Å². The lowest BCUT2D eigenvalue weighted by atomic mass is 9.87. The summed E-state index contributed by atoms with van der Waals surface area (Å²) in [5, 5.41) is 3.06. The van der Waals surface area contributed by atoms with Gasteiger partial charge < -0.3 is 10.1 Å². The molecule has 1 rings (SSSR count). The molecule has 82 valence electrons. The van der Waals surface area contributed by atoms with Gasteiger partial charge in [0.15, 0.2) is 0 Å². The highest BCUT2D eigenvalue weighted by atomic mass is 16.5. The Morgan fingerprint density at radius 2 is 2.21 bits per heavy atom. The molecule has 1 aliphatic carbocycles. The first-order valence-electron chi connectivity index (χ1n) is 5.30. The molecule has 0 aromatic rings. The van der Waals surface area contributed by atoms with Crippen LogP contribution in [0.15, 0.2) is 0 Å². The average Bonchev–Trinajstić information content (AvgIpc) is 2.44. The van der Waals surface area contributed by atoms with Gasteiger partial charge >= 0.3 is 0 Å². The van der Waals surface area contributed by atoms with Crippen LogP contribution in [0.2, 0.25) is 0 Å². The van der Waals surface area contributed by atoms with E-state index in [4.69, 9.17) is 4.74 Å². The van der Waals surface area contributed by atoms with Crippen LogP contribution in [0.25, 0.3) is 0 Å². The molecule has 0 aliphatic heterocycles. The van der Waals surface area contributed by atoms with E-state index < -0.39 is 0 Å². The minimum Gasteiger partial charge on any atom is -0.372 e. The molecular formula is C11H21NO2. The van der Waals surface area contributed by atoms with Crippen molar-refractivity contribution in [1.29, 1.82) is 0 Å². The number of carbonyl (C=O) groups is 1. The average molecular weight is 199 g/mol. The summed E-state index contributed by atoms with van der Waals surface area (Å²) in [5.74, 6) is 0.00692. The van der Waals surface area contributed by atoms with Crippen LogP contribution in [-0.2, 0) is 9.53 Å². The lowest BCUT2D eigenvalue weighted by Crippen LogP contribution is -2.45. The number of ether oxygens (including phenoxy) is 1. The molecule has 0 bridgehead atoms. The van der Waals surface area contributed by atoms with Crippen LogP contribution in [0.4, 0.5) is 0 Å². The summed E-state index contributed by atoms with van der Waals surface area (Å²) in [4.78, 5) is 11.6. The number of amides is 1. The van der Waals surface area contributed by atoms with E-state index in [0.717, 1.165) is 6.42 Å². The van der Waals surface area contributed by atoms with Crippen LogP contribution in [0, 0.1) is 5.41 Å². The second-order valence-electron chi connectivity index (χ2n) is 4.82. The first kappa shape index (κ1) is 11.5. The van der Waals surface area contributed by atoms with Gasteiger partial charge in [-0.2, -0.15) is 0 Å². The summed E-state index contributed by atoms with van der Waals surface area (Å²) in [5.41, 5.74) is 0.239. The third-order valence-electron chi connectivity index (χ3n) is 3.30. The van der Waals surface area contributed by atoms with Gasteiger partial charge in [0.25, 0.3) is 0 Å². The Hall–Kier alpha value is -0.570. The van der Waals surface area contributed by atoms with Crippen molar-refractivity contribution in [3.8, 4) is 0 Å². The fourth-order valence-electron chi connectivity index (χ4n) is 1.99. The zero-order valence-electron chi connectivity index (χ0n) is 9.59. The smallest absolute Gasteiger partial charge is 0.249 e. The molecule has 2 unspecified atom stereocenters. The predicted octanol–water partition coefficient (Wildman–Crippen LogP) is 1.72. The standard InChI is InChI=1S/C11H21NO2/c1-8(14-4)10(13)12-9-6-5-7-11(9,2)3/h8-9H,5-7H2,1-4H3,(H,12,13). The Morgan fingerprint density at radius 1 is 1.57 bits per heavy atom. The molecule has 1 amide bonds. The quantitative estimate of drug-likeness (QED) is 0.751. The number of methoxy groups -OCH3 is 1.